The van der Waals surface area contributed by atoms with E-state index in [1.54, 1.807) is 0 Å². The topological polar surface area (TPSA) is 29.3 Å². The molecule has 2 heteroatoms. The van der Waals surface area contributed by atoms with Crippen LogP contribution in [0.2, 0.25) is 0 Å². The Hall–Kier alpha value is -0.0800. The minimum atomic E-state index is 0.423. The first kappa shape index (κ1) is 15.9. The molecule has 98 valence electrons. The van der Waals surface area contributed by atoms with E-state index in [9.17, 15) is 0 Å². The molecule has 0 saturated carbocycles. The largest absolute Gasteiger partial charge is 0.330 e. The fourth-order valence-electron chi connectivity index (χ4n) is 2.10. The van der Waals surface area contributed by atoms with Gasteiger partial charge in [-0.3, -0.25) is 0 Å². The summed E-state index contributed by atoms with van der Waals surface area (Å²) in [5.41, 5.74) is 6.04. The summed E-state index contributed by atoms with van der Waals surface area (Å²) in [6.45, 7) is 12.5. The lowest BCUT2D eigenvalue weighted by molar-refractivity contribution is 0.242. The third kappa shape index (κ3) is 8.12. The van der Waals surface area contributed by atoms with Gasteiger partial charge in [-0.2, -0.15) is 0 Å². The average molecular weight is 228 g/mol. The summed E-state index contributed by atoms with van der Waals surface area (Å²) in [6, 6.07) is 0. The van der Waals surface area contributed by atoms with Crippen molar-refractivity contribution in [3.63, 3.8) is 0 Å². The van der Waals surface area contributed by atoms with Crippen molar-refractivity contribution in [2.45, 2.75) is 53.4 Å². The van der Waals surface area contributed by atoms with E-state index in [0.29, 0.717) is 5.41 Å². The van der Waals surface area contributed by atoms with Crippen molar-refractivity contribution in [1.29, 1.82) is 0 Å². The van der Waals surface area contributed by atoms with Gasteiger partial charge in [-0.25, -0.2) is 0 Å². The van der Waals surface area contributed by atoms with Crippen molar-refractivity contribution in [3.05, 3.63) is 0 Å². The Bertz CT molecular complexity index is 166. The first-order chi connectivity index (χ1) is 7.41. The van der Waals surface area contributed by atoms with E-state index in [4.69, 9.17) is 5.73 Å². The van der Waals surface area contributed by atoms with Crippen molar-refractivity contribution >= 4 is 0 Å². The van der Waals surface area contributed by atoms with Gasteiger partial charge in [0.1, 0.15) is 0 Å². The summed E-state index contributed by atoms with van der Waals surface area (Å²) >= 11 is 0. The van der Waals surface area contributed by atoms with E-state index in [-0.39, 0.29) is 0 Å². The summed E-state index contributed by atoms with van der Waals surface area (Å²) < 4.78 is 0. The molecule has 0 aliphatic heterocycles. The Morgan fingerprint density at radius 1 is 1.25 bits per heavy atom. The lowest BCUT2D eigenvalue weighted by Crippen LogP contribution is -2.26. The molecule has 0 fully saturated rings. The highest BCUT2D eigenvalue weighted by Crippen LogP contribution is 2.25. The minimum Gasteiger partial charge on any atom is -0.330 e. The number of nitrogens with two attached hydrogens (primary N) is 1. The normalized spacial score (nSPS) is 14.4. The van der Waals surface area contributed by atoms with Gasteiger partial charge in [0, 0.05) is 6.54 Å². The molecular formula is C14H32N2. The number of hydrogen-bond acceptors (Lipinski definition) is 2. The molecule has 0 aromatic rings. The summed E-state index contributed by atoms with van der Waals surface area (Å²) in [4.78, 5) is 2.46. The van der Waals surface area contributed by atoms with Gasteiger partial charge in [0.05, 0.1) is 0 Å². The smallest absolute Gasteiger partial charge is 0.000387 e. The van der Waals surface area contributed by atoms with Gasteiger partial charge in [0.15, 0.2) is 0 Å². The monoisotopic (exact) mass is 228 g/mol. The van der Waals surface area contributed by atoms with Crippen LogP contribution in [0.1, 0.15) is 53.4 Å². The van der Waals surface area contributed by atoms with Gasteiger partial charge in [-0.05, 0) is 50.7 Å². The van der Waals surface area contributed by atoms with Crippen LogP contribution < -0.4 is 5.73 Å². The van der Waals surface area contributed by atoms with Crippen molar-refractivity contribution in [1.82, 2.24) is 4.90 Å². The third-order valence-electron chi connectivity index (χ3n) is 3.53. The van der Waals surface area contributed by atoms with E-state index in [2.05, 4.69) is 39.6 Å². The maximum atomic E-state index is 5.62. The lowest BCUT2D eigenvalue weighted by atomic mass is 9.84. The summed E-state index contributed by atoms with van der Waals surface area (Å²) in [7, 11) is 2.24. The van der Waals surface area contributed by atoms with E-state index in [1.807, 2.05) is 0 Å². The summed E-state index contributed by atoms with van der Waals surface area (Å²) in [6.07, 6.45) is 5.00. The second-order valence-corrected chi connectivity index (χ2v) is 6.08. The summed E-state index contributed by atoms with van der Waals surface area (Å²) in [5.74, 6) is 0.821. The van der Waals surface area contributed by atoms with Gasteiger partial charge < -0.3 is 10.6 Å². The molecule has 2 N–H and O–H groups in total. The number of nitrogens with zero attached hydrogens (tertiary/aromatic N) is 1. The second-order valence-electron chi connectivity index (χ2n) is 6.08. The van der Waals surface area contributed by atoms with Gasteiger partial charge in [-0.15, -0.1) is 0 Å². The molecule has 0 aromatic carbocycles. The Morgan fingerprint density at radius 2 is 1.88 bits per heavy atom. The first-order valence-electron chi connectivity index (χ1n) is 6.80. The zero-order chi connectivity index (χ0) is 12.6. The van der Waals surface area contributed by atoms with Gasteiger partial charge in [-0.1, -0.05) is 34.1 Å². The van der Waals surface area contributed by atoms with Crippen LogP contribution in [0, 0.1) is 11.3 Å². The molecule has 0 aliphatic rings. The molecule has 0 amide bonds. The Labute approximate surface area is 103 Å². The van der Waals surface area contributed by atoms with Gasteiger partial charge in [0.2, 0.25) is 0 Å². The van der Waals surface area contributed by atoms with Crippen LogP contribution in [-0.4, -0.2) is 31.6 Å². The molecular weight excluding hydrogens is 196 g/mol. The second kappa shape index (κ2) is 8.08. The standard InChI is InChI=1S/C14H32N2/c1-6-13(2)12-16(5)11-7-8-14(3,4)9-10-15/h13H,6-12,15H2,1-5H3. The fourth-order valence-corrected chi connectivity index (χ4v) is 2.10. The zero-order valence-electron chi connectivity index (χ0n) is 12.1. The van der Waals surface area contributed by atoms with E-state index in [1.165, 1.54) is 32.4 Å². The van der Waals surface area contributed by atoms with Crippen LogP contribution >= 0.6 is 0 Å². The summed E-state index contributed by atoms with van der Waals surface area (Å²) in [5, 5.41) is 0. The molecule has 1 unspecified atom stereocenters. The molecule has 0 spiro atoms. The van der Waals surface area contributed by atoms with Crippen LogP contribution in [0.4, 0.5) is 0 Å². The molecule has 0 heterocycles. The van der Waals surface area contributed by atoms with Crippen LogP contribution in [-0.2, 0) is 0 Å². The minimum absolute atomic E-state index is 0.423. The van der Waals surface area contributed by atoms with Crippen molar-refractivity contribution in [2.75, 3.05) is 26.7 Å². The van der Waals surface area contributed by atoms with E-state index >= 15 is 0 Å². The number of hydrogen-bond donors (Lipinski definition) is 1. The zero-order valence-corrected chi connectivity index (χ0v) is 12.1. The molecule has 0 saturated heterocycles. The highest BCUT2D eigenvalue weighted by Gasteiger charge is 2.16. The molecule has 0 rings (SSSR count). The Balaban J connectivity index is 3.64. The first-order valence-corrected chi connectivity index (χ1v) is 6.80. The highest BCUT2D eigenvalue weighted by atomic mass is 15.1. The molecule has 16 heavy (non-hydrogen) atoms. The predicted octanol–water partition coefficient (Wildman–Crippen LogP) is 3.12. The molecule has 0 aromatic heterocycles. The maximum Gasteiger partial charge on any atom is 0.000387 e. The van der Waals surface area contributed by atoms with Crippen LogP contribution in [0.15, 0.2) is 0 Å². The Kier molecular flexibility index (Phi) is 8.04. The van der Waals surface area contributed by atoms with E-state index < -0.39 is 0 Å². The van der Waals surface area contributed by atoms with Crippen LogP contribution in [0.3, 0.4) is 0 Å². The quantitative estimate of drug-likeness (QED) is 0.657. The third-order valence-corrected chi connectivity index (χ3v) is 3.53. The molecule has 0 radical (unpaired) electrons. The van der Waals surface area contributed by atoms with Crippen molar-refractivity contribution in [2.24, 2.45) is 17.1 Å². The highest BCUT2D eigenvalue weighted by molar-refractivity contribution is 4.70. The molecule has 1 atom stereocenters. The number of rotatable bonds is 9. The van der Waals surface area contributed by atoms with Crippen LogP contribution in [0.25, 0.3) is 0 Å². The van der Waals surface area contributed by atoms with E-state index in [0.717, 1.165) is 18.9 Å². The van der Waals surface area contributed by atoms with Gasteiger partial charge >= 0.3 is 0 Å². The lowest BCUT2D eigenvalue weighted by Gasteiger charge is -2.26. The predicted molar refractivity (Wildman–Crippen MR) is 73.6 cm³/mol. The van der Waals surface area contributed by atoms with Crippen LogP contribution in [0.5, 0.6) is 0 Å². The van der Waals surface area contributed by atoms with Gasteiger partial charge in [0.25, 0.3) is 0 Å². The SMILES string of the molecule is CCC(C)CN(C)CCCC(C)(C)CCN. The fraction of sp³-hybridized carbons (Fsp3) is 1.00. The van der Waals surface area contributed by atoms with Crippen molar-refractivity contribution < 1.29 is 0 Å². The molecule has 0 bridgehead atoms. The molecule has 2 nitrogen and oxygen atoms in total. The maximum absolute atomic E-state index is 5.62. The molecule has 0 aliphatic carbocycles. The van der Waals surface area contributed by atoms with Crippen molar-refractivity contribution in [3.8, 4) is 0 Å². The Morgan fingerprint density at radius 3 is 2.38 bits per heavy atom. The average Bonchev–Trinajstić information content (AvgIpc) is 2.16.